The van der Waals surface area contributed by atoms with Crippen molar-refractivity contribution in [2.75, 3.05) is 6.26 Å². The first kappa shape index (κ1) is 8.91. The van der Waals surface area contributed by atoms with Crippen molar-refractivity contribution in [1.29, 1.82) is 0 Å². The first-order chi connectivity index (χ1) is 3.89. The van der Waals surface area contributed by atoms with Gasteiger partial charge in [0.25, 0.3) is 10.1 Å². The fraction of sp³-hybridized carbons (Fsp3) is 1.00. The zero-order valence-electron chi connectivity index (χ0n) is 5.62. The summed E-state index contributed by atoms with van der Waals surface area (Å²) in [6, 6.07) is 0. The van der Waals surface area contributed by atoms with Gasteiger partial charge >= 0.3 is 0 Å². The van der Waals surface area contributed by atoms with Crippen molar-refractivity contribution in [2.45, 2.75) is 19.8 Å². The zero-order valence-corrected chi connectivity index (χ0v) is 6.44. The zero-order chi connectivity index (χ0) is 7.49. The summed E-state index contributed by atoms with van der Waals surface area (Å²) in [6.45, 7) is 2.28. The predicted molar refractivity (Wildman–Crippen MR) is 33.9 cm³/mol. The third-order valence-electron chi connectivity index (χ3n) is 0.866. The van der Waals surface area contributed by atoms with Gasteiger partial charge in [-0.1, -0.05) is 24.3 Å². The van der Waals surface area contributed by atoms with Crippen LogP contribution in [-0.2, 0) is 14.7 Å². The van der Waals surface area contributed by atoms with Gasteiger partial charge in [0.05, 0.1) is 6.26 Å². The van der Waals surface area contributed by atoms with E-state index in [-0.39, 0.29) is 0 Å². The van der Waals surface area contributed by atoms with Crippen molar-refractivity contribution in [1.82, 2.24) is 0 Å². The highest BCUT2D eigenvalue weighted by Crippen LogP contribution is 2.26. The Bertz CT molecular complexity index is 147. The molecule has 0 N–H and O–H groups in total. The predicted octanol–water partition coefficient (Wildman–Crippen LogP) is 0.793. The lowest BCUT2D eigenvalue weighted by atomic mass is 10.5. The van der Waals surface area contributed by atoms with Crippen molar-refractivity contribution in [3.8, 4) is 0 Å². The molecule has 1 aliphatic carbocycles. The van der Waals surface area contributed by atoms with Crippen LogP contribution in [0.25, 0.3) is 0 Å². The quantitative estimate of drug-likeness (QED) is 0.514. The molecule has 55 valence electrons. The first-order valence-corrected chi connectivity index (χ1v) is 4.62. The van der Waals surface area contributed by atoms with Crippen LogP contribution in [0.4, 0.5) is 0 Å². The van der Waals surface area contributed by atoms with Gasteiger partial charge in [0.1, 0.15) is 0 Å². The average Bonchev–Trinajstić information content (AvgIpc) is 2.13. The lowest BCUT2D eigenvalue weighted by Gasteiger charge is -1.64. The first-order valence-electron chi connectivity index (χ1n) is 2.80. The van der Waals surface area contributed by atoms with Crippen LogP contribution in [0.15, 0.2) is 0 Å². The number of hydrogen-bond acceptors (Lipinski definition) is 2. The van der Waals surface area contributed by atoms with Crippen LogP contribution in [0.5, 0.6) is 0 Å². The highest BCUT2D eigenvalue weighted by Gasteiger charge is 2.12. The fourth-order valence-corrected chi connectivity index (χ4v) is 0.167. The fourth-order valence-electron chi connectivity index (χ4n) is 0.167. The Morgan fingerprint density at radius 1 is 1.33 bits per heavy atom. The summed E-state index contributed by atoms with van der Waals surface area (Å²) >= 11 is 0. The standard InChI is InChI=1S/C4H8.CH3O3S/c1-4-2-3-4;1-5(2,3)4/h4H,2-3H2,1H3;1H3. The summed E-state index contributed by atoms with van der Waals surface area (Å²) in [6.07, 6.45) is 3.58. The van der Waals surface area contributed by atoms with Gasteiger partial charge in [-0.15, -0.1) is 0 Å². The molecule has 0 bridgehead atoms. The van der Waals surface area contributed by atoms with E-state index in [1.54, 1.807) is 0 Å². The molecule has 0 aromatic heterocycles. The van der Waals surface area contributed by atoms with Gasteiger partial charge in [-0.25, -0.2) is 0 Å². The number of rotatable bonds is 0. The van der Waals surface area contributed by atoms with Crippen LogP contribution < -0.4 is 0 Å². The Hall–Kier alpha value is -0.0900. The summed E-state index contributed by atoms with van der Waals surface area (Å²) in [4.78, 5) is 0. The smallest absolute Gasteiger partial charge is 0.197 e. The largest absolute Gasteiger partial charge is 0.291 e. The summed E-state index contributed by atoms with van der Waals surface area (Å²) in [5, 5.41) is 0. The van der Waals surface area contributed by atoms with E-state index in [1.165, 1.54) is 12.8 Å². The molecule has 4 heteroatoms. The maximum absolute atomic E-state index is 9.08. The summed E-state index contributed by atoms with van der Waals surface area (Å²) in [5.74, 6) is 1.08. The molecular formula is C5H11O3S. The molecule has 1 saturated carbocycles. The third-order valence-corrected chi connectivity index (χ3v) is 0.866. The minimum Gasteiger partial charge on any atom is -0.197 e. The molecule has 3 nitrogen and oxygen atoms in total. The van der Waals surface area contributed by atoms with Crippen molar-refractivity contribution in [2.24, 2.45) is 5.92 Å². The lowest BCUT2D eigenvalue weighted by molar-refractivity contribution is 0.420. The van der Waals surface area contributed by atoms with Gasteiger partial charge in [0, 0.05) is 0 Å². The normalized spacial score (nSPS) is 18.1. The van der Waals surface area contributed by atoms with Gasteiger partial charge in [-0.3, -0.25) is 0 Å². The van der Waals surface area contributed by atoms with Crippen LogP contribution in [0.2, 0.25) is 0 Å². The van der Waals surface area contributed by atoms with E-state index in [2.05, 4.69) is 6.92 Å². The van der Waals surface area contributed by atoms with E-state index < -0.39 is 10.1 Å². The molecule has 0 heterocycles. The molecule has 9 heavy (non-hydrogen) atoms. The van der Waals surface area contributed by atoms with Crippen molar-refractivity contribution >= 4 is 10.1 Å². The van der Waals surface area contributed by atoms with E-state index in [1.807, 2.05) is 0 Å². The molecule has 1 aliphatic rings. The van der Waals surface area contributed by atoms with Gasteiger partial charge in [-0.05, 0) is 5.92 Å². The molecule has 0 unspecified atom stereocenters. The minimum atomic E-state index is -3.92. The maximum atomic E-state index is 9.08. The molecule has 0 amide bonds. The van der Waals surface area contributed by atoms with Crippen molar-refractivity contribution in [3.05, 3.63) is 0 Å². The van der Waals surface area contributed by atoms with Crippen LogP contribution in [0.3, 0.4) is 0 Å². The van der Waals surface area contributed by atoms with Crippen LogP contribution >= 0.6 is 0 Å². The van der Waals surface area contributed by atoms with E-state index in [0.29, 0.717) is 6.26 Å². The molecule has 0 aromatic rings. The molecule has 0 aliphatic heterocycles. The van der Waals surface area contributed by atoms with Gasteiger partial charge in [-0.2, -0.15) is 8.42 Å². The van der Waals surface area contributed by atoms with Gasteiger partial charge < -0.3 is 0 Å². The highest BCUT2D eigenvalue weighted by atomic mass is 32.2. The Morgan fingerprint density at radius 3 is 1.44 bits per heavy atom. The van der Waals surface area contributed by atoms with Gasteiger partial charge in [0.15, 0.2) is 0 Å². The monoisotopic (exact) mass is 151 g/mol. The highest BCUT2D eigenvalue weighted by molar-refractivity contribution is 7.84. The maximum Gasteiger partial charge on any atom is 0.291 e. The molecule has 1 radical (unpaired) electrons. The topological polar surface area (TPSA) is 54.0 Å². The number of hydrogen-bond donors (Lipinski definition) is 0. The van der Waals surface area contributed by atoms with E-state index >= 15 is 0 Å². The minimum absolute atomic E-state index is 0.604. The van der Waals surface area contributed by atoms with Gasteiger partial charge in [0.2, 0.25) is 0 Å². The van der Waals surface area contributed by atoms with Crippen LogP contribution in [0.1, 0.15) is 19.8 Å². The van der Waals surface area contributed by atoms with Crippen molar-refractivity contribution < 1.29 is 13.0 Å². The Balaban J connectivity index is 0.000000144. The second kappa shape index (κ2) is 3.17. The Labute approximate surface area is 55.8 Å². The average molecular weight is 151 g/mol. The van der Waals surface area contributed by atoms with E-state index in [0.717, 1.165) is 5.92 Å². The van der Waals surface area contributed by atoms with Crippen molar-refractivity contribution in [3.63, 3.8) is 0 Å². The summed E-state index contributed by atoms with van der Waals surface area (Å²) in [7, 11) is -3.92. The van der Waals surface area contributed by atoms with Crippen LogP contribution in [-0.4, -0.2) is 14.7 Å². The van der Waals surface area contributed by atoms with E-state index in [9.17, 15) is 0 Å². The lowest BCUT2D eigenvalue weighted by Crippen LogP contribution is -1.85. The molecule has 1 fully saturated rings. The molecule has 0 saturated heterocycles. The second-order valence-corrected chi connectivity index (χ2v) is 3.79. The molecule has 0 spiro atoms. The SMILES string of the molecule is CC1CC1.CS([O])(=O)=O. The Kier molecular flexibility index (Phi) is 3.14. The third kappa shape index (κ3) is 32.6. The molecule has 0 atom stereocenters. The van der Waals surface area contributed by atoms with E-state index in [4.69, 9.17) is 13.0 Å². The second-order valence-electron chi connectivity index (χ2n) is 2.39. The molecule has 0 aromatic carbocycles. The summed E-state index contributed by atoms with van der Waals surface area (Å²) < 4.78 is 27.2. The summed E-state index contributed by atoms with van der Waals surface area (Å²) in [5.41, 5.74) is 0. The molecular weight excluding hydrogens is 140 g/mol. The molecule has 1 rings (SSSR count). The van der Waals surface area contributed by atoms with Crippen LogP contribution in [0, 0.1) is 5.92 Å². The Morgan fingerprint density at radius 2 is 1.44 bits per heavy atom.